The number of imidazole rings is 2. The first-order chi connectivity index (χ1) is 7.93. The number of hydrogen-bond donors (Lipinski definition) is 1. The van der Waals surface area contributed by atoms with E-state index in [0.29, 0.717) is 0 Å². The Hall–Kier alpha value is -2.36. The van der Waals surface area contributed by atoms with Crippen molar-refractivity contribution in [3.8, 4) is 17.1 Å². The maximum atomic E-state index is 4.20. The van der Waals surface area contributed by atoms with Crippen LogP contribution in [0.2, 0.25) is 0 Å². The van der Waals surface area contributed by atoms with Crippen LogP contribution in [0.5, 0.6) is 0 Å². The van der Waals surface area contributed by atoms with E-state index in [1.165, 1.54) is 0 Å². The highest BCUT2D eigenvalue weighted by molar-refractivity contribution is 5.56. The lowest BCUT2D eigenvalue weighted by atomic mass is 10.2. The van der Waals surface area contributed by atoms with Gasteiger partial charge in [-0.3, -0.25) is 0 Å². The van der Waals surface area contributed by atoms with Crippen LogP contribution in [-0.4, -0.2) is 19.5 Å². The number of nitrogens with zero attached hydrogens (tertiary/aromatic N) is 3. The second kappa shape index (κ2) is 3.66. The van der Waals surface area contributed by atoms with Gasteiger partial charge in [-0.05, 0) is 24.3 Å². The largest absolute Gasteiger partial charge is 0.345 e. The Morgan fingerprint density at radius 2 is 1.94 bits per heavy atom. The molecule has 3 rings (SSSR count). The molecule has 0 atom stereocenters. The lowest BCUT2D eigenvalue weighted by Gasteiger charge is -2.02. The van der Waals surface area contributed by atoms with Gasteiger partial charge in [0.2, 0.25) is 0 Å². The molecule has 1 aromatic carbocycles. The maximum Gasteiger partial charge on any atom is 0.137 e. The Balaban J connectivity index is 1.97. The summed E-state index contributed by atoms with van der Waals surface area (Å²) >= 11 is 0. The third-order valence-corrected chi connectivity index (χ3v) is 2.44. The molecule has 0 aliphatic heterocycles. The molecule has 2 heterocycles. The van der Waals surface area contributed by atoms with E-state index in [-0.39, 0.29) is 0 Å². The fourth-order valence-electron chi connectivity index (χ4n) is 1.63. The van der Waals surface area contributed by atoms with Crippen LogP contribution in [0, 0.1) is 0 Å². The standard InChI is InChI=1S/C12H10N4/c1-3-11(16-8-7-13-9-16)4-2-10(1)12-14-5-6-15-12/h1-9H,(H,14,15). The van der Waals surface area contributed by atoms with E-state index in [1.54, 1.807) is 18.7 Å². The monoisotopic (exact) mass is 210 g/mol. The molecule has 1 N–H and O–H groups in total. The average molecular weight is 210 g/mol. The first-order valence-electron chi connectivity index (χ1n) is 5.01. The molecule has 3 aromatic rings. The molecule has 16 heavy (non-hydrogen) atoms. The van der Waals surface area contributed by atoms with Gasteiger partial charge in [0.1, 0.15) is 5.82 Å². The number of aromatic amines is 1. The lowest BCUT2D eigenvalue weighted by Crippen LogP contribution is -1.89. The van der Waals surface area contributed by atoms with Crippen LogP contribution in [0.4, 0.5) is 0 Å². The molecule has 0 amide bonds. The zero-order valence-corrected chi connectivity index (χ0v) is 8.54. The summed E-state index contributed by atoms with van der Waals surface area (Å²) < 4.78 is 1.96. The van der Waals surface area contributed by atoms with Gasteiger partial charge in [0.25, 0.3) is 0 Å². The topological polar surface area (TPSA) is 46.5 Å². The normalized spacial score (nSPS) is 10.5. The first kappa shape index (κ1) is 8.91. The number of aromatic nitrogens is 4. The van der Waals surface area contributed by atoms with Gasteiger partial charge in [0.15, 0.2) is 0 Å². The van der Waals surface area contributed by atoms with Gasteiger partial charge in [0, 0.05) is 36.0 Å². The van der Waals surface area contributed by atoms with Crippen LogP contribution in [0.3, 0.4) is 0 Å². The number of nitrogens with one attached hydrogen (secondary N) is 1. The molecule has 0 bridgehead atoms. The second-order valence-electron chi connectivity index (χ2n) is 3.45. The van der Waals surface area contributed by atoms with Crippen molar-refractivity contribution in [2.24, 2.45) is 0 Å². The van der Waals surface area contributed by atoms with Gasteiger partial charge in [-0.15, -0.1) is 0 Å². The minimum absolute atomic E-state index is 0.886. The number of benzene rings is 1. The highest BCUT2D eigenvalue weighted by Crippen LogP contribution is 2.16. The van der Waals surface area contributed by atoms with Gasteiger partial charge < -0.3 is 9.55 Å². The fraction of sp³-hybridized carbons (Fsp3) is 0. The van der Waals surface area contributed by atoms with Crippen molar-refractivity contribution in [2.75, 3.05) is 0 Å². The number of hydrogen-bond acceptors (Lipinski definition) is 2. The van der Waals surface area contributed by atoms with Crippen molar-refractivity contribution in [3.05, 3.63) is 55.4 Å². The summed E-state index contributed by atoms with van der Waals surface area (Å²) in [5.41, 5.74) is 2.17. The third-order valence-electron chi connectivity index (χ3n) is 2.44. The smallest absolute Gasteiger partial charge is 0.137 e. The predicted molar refractivity (Wildman–Crippen MR) is 61.1 cm³/mol. The average Bonchev–Trinajstić information content (AvgIpc) is 3.03. The zero-order chi connectivity index (χ0) is 10.8. The van der Waals surface area contributed by atoms with Gasteiger partial charge in [-0.25, -0.2) is 9.97 Å². The van der Waals surface area contributed by atoms with Crippen molar-refractivity contribution in [2.45, 2.75) is 0 Å². The van der Waals surface area contributed by atoms with E-state index >= 15 is 0 Å². The Labute approximate surface area is 92.6 Å². The summed E-state index contributed by atoms with van der Waals surface area (Å²) in [7, 11) is 0. The molecule has 2 aromatic heterocycles. The van der Waals surface area contributed by atoms with Gasteiger partial charge >= 0.3 is 0 Å². The molecule has 0 spiro atoms. The van der Waals surface area contributed by atoms with Crippen LogP contribution in [0.25, 0.3) is 17.1 Å². The summed E-state index contributed by atoms with van der Waals surface area (Å²) in [6, 6.07) is 8.15. The zero-order valence-electron chi connectivity index (χ0n) is 8.54. The molecule has 4 heteroatoms. The van der Waals surface area contributed by atoms with E-state index in [2.05, 4.69) is 15.0 Å². The van der Waals surface area contributed by atoms with E-state index in [1.807, 2.05) is 41.2 Å². The summed E-state index contributed by atoms with van der Waals surface area (Å²) in [4.78, 5) is 11.3. The molecule has 0 fully saturated rings. The molecule has 0 aliphatic carbocycles. The Morgan fingerprint density at radius 1 is 1.06 bits per heavy atom. The van der Waals surface area contributed by atoms with Crippen LogP contribution in [0.1, 0.15) is 0 Å². The van der Waals surface area contributed by atoms with Crippen molar-refractivity contribution in [1.82, 2.24) is 19.5 Å². The van der Waals surface area contributed by atoms with Gasteiger partial charge in [-0.2, -0.15) is 0 Å². The van der Waals surface area contributed by atoms with Crippen molar-refractivity contribution in [1.29, 1.82) is 0 Å². The minimum atomic E-state index is 0.886. The van der Waals surface area contributed by atoms with Crippen LogP contribution in [0.15, 0.2) is 55.4 Å². The minimum Gasteiger partial charge on any atom is -0.345 e. The van der Waals surface area contributed by atoms with Crippen molar-refractivity contribution >= 4 is 0 Å². The maximum absolute atomic E-state index is 4.20. The molecule has 0 radical (unpaired) electrons. The molecule has 78 valence electrons. The van der Waals surface area contributed by atoms with Crippen molar-refractivity contribution < 1.29 is 0 Å². The molecular formula is C12H10N4. The Morgan fingerprint density at radius 3 is 2.56 bits per heavy atom. The van der Waals surface area contributed by atoms with Gasteiger partial charge in [-0.1, -0.05) is 0 Å². The SMILES string of the molecule is c1cn(-c2ccc(-c3ncc[nH]3)cc2)cn1. The van der Waals surface area contributed by atoms with Crippen LogP contribution < -0.4 is 0 Å². The summed E-state index contributed by atoms with van der Waals surface area (Å²) in [6.45, 7) is 0. The lowest BCUT2D eigenvalue weighted by molar-refractivity contribution is 1.06. The van der Waals surface area contributed by atoms with E-state index < -0.39 is 0 Å². The quantitative estimate of drug-likeness (QED) is 0.705. The fourth-order valence-corrected chi connectivity index (χ4v) is 1.63. The summed E-state index contributed by atoms with van der Waals surface area (Å²) in [5, 5.41) is 0. The molecular weight excluding hydrogens is 200 g/mol. The first-order valence-corrected chi connectivity index (χ1v) is 5.01. The van der Waals surface area contributed by atoms with E-state index in [9.17, 15) is 0 Å². The second-order valence-corrected chi connectivity index (χ2v) is 3.45. The number of rotatable bonds is 2. The van der Waals surface area contributed by atoms with Gasteiger partial charge in [0.05, 0.1) is 6.33 Å². The Kier molecular flexibility index (Phi) is 2.04. The molecule has 0 saturated heterocycles. The Bertz CT molecular complexity index is 496. The third kappa shape index (κ3) is 1.50. The molecule has 0 saturated carbocycles. The highest BCUT2D eigenvalue weighted by Gasteiger charge is 2.00. The predicted octanol–water partition coefficient (Wildman–Crippen LogP) is 2.26. The highest BCUT2D eigenvalue weighted by atomic mass is 15.0. The van der Waals surface area contributed by atoms with Crippen LogP contribution in [-0.2, 0) is 0 Å². The number of H-pyrrole nitrogens is 1. The van der Waals surface area contributed by atoms with Crippen LogP contribution >= 0.6 is 0 Å². The molecule has 4 nitrogen and oxygen atoms in total. The molecule has 0 aliphatic rings. The summed E-state index contributed by atoms with van der Waals surface area (Å²) in [5.74, 6) is 0.886. The molecule has 0 unspecified atom stereocenters. The summed E-state index contributed by atoms with van der Waals surface area (Å²) in [6.07, 6.45) is 9.03. The van der Waals surface area contributed by atoms with E-state index in [4.69, 9.17) is 0 Å². The van der Waals surface area contributed by atoms with Crippen molar-refractivity contribution in [3.63, 3.8) is 0 Å². The van der Waals surface area contributed by atoms with E-state index in [0.717, 1.165) is 17.1 Å².